The van der Waals surface area contributed by atoms with E-state index in [2.05, 4.69) is 41.8 Å². The van der Waals surface area contributed by atoms with Gasteiger partial charge in [0.2, 0.25) is 0 Å². The monoisotopic (exact) mass is 366 g/mol. The number of phenolic OH excluding ortho intramolecular Hbond substituents is 1. The molecule has 1 spiro atoms. The predicted molar refractivity (Wildman–Crippen MR) is 104 cm³/mol. The Morgan fingerprint density at radius 2 is 1.78 bits per heavy atom. The molecule has 2 aliphatic heterocycles. The van der Waals surface area contributed by atoms with Gasteiger partial charge in [-0.3, -0.25) is 0 Å². The zero-order valence-electron chi connectivity index (χ0n) is 16.2. The van der Waals surface area contributed by atoms with Gasteiger partial charge in [0.05, 0.1) is 0 Å². The normalized spacial score (nSPS) is 25.9. The third kappa shape index (κ3) is 3.11. The fourth-order valence-electron chi connectivity index (χ4n) is 4.42. The Hall–Kier alpha value is -2.69. The third-order valence-corrected chi connectivity index (χ3v) is 5.61. The molecule has 27 heavy (non-hydrogen) atoms. The number of benzene rings is 2. The van der Waals surface area contributed by atoms with Crippen LogP contribution in [0.3, 0.4) is 0 Å². The molecule has 0 aliphatic carbocycles. The van der Waals surface area contributed by atoms with Gasteiger partial charge >= 0.3 is 6.03 Å². The molecule has 2 aromatic carbocycles. The second-order valence-electron chi connectivity index (χ2n) is 8.53. The van der Waals surface area contributed by atoms with E-state index in [1.807, 2.05) is 26.8 Å². The van der Waals surface area contributed by atoms with Gasteiger partial charge in [0.15, 0.2) is 5.72 Å². The van der Waals surface area contributed by atoms with Gasteiger partial charge in [-0.25, -0.2) is 4.79 Å². The van der Waals surface area contributed by atoms with E-state index in [-0.39, 0.29) is 23.2 Å². The number of rotatable bonds is 1. The minimum atomic E-state index is -0.813. The fourth-order valence-corrected chi connectivity index (χ4v) is 4.42. The SMILES string of the molecule is Cc1ccc([C@@H]2C[C@]3(CC(C)(C)NC(=O)N3)Oc3c2ccc(O)c3C)cc1. The van der Waals surface area contributed by atoms with Crippen molar-refractivity contribution in [3.8, 4) is 11.5 Å². The Morgan fingerprint density at radius 1 is 1.07 bits per heavy atom. The first-order valence-electron chi connectivity index (χ1n) is 9.36. The van der Waals surface area contributed by atoms with Crippen LogP contribution in [0.15, 0.2) is 36.4 Å². The molecule has 0 saturated carbocycles. The number of nitrogens with one attached hydrogen (secondary N) is 2. The van der Waals surface area contributed by atoms with Crippen LogP contribution in [0.4, 0.5) is 4.79 Å². The minimum absolute atomic E-state index is 0.0721. The number of ether oxygens (including phenoxy) is 1. The molecule has 0 aromatic heterocycles. The lowest BCUT2D eigenvalue weighted by Crippen LogP contribution is -2.69. The molecule has 0 unspecified atom stereocenters. The lowest BCUT2D eigenvalue weighted by Gasteiger charge is -2.49. The molecule has 1 saturated heterocycles. The van der Waals surface area contributed by atoms with Crippen LogP contribution in [0.1, 0.15) is 54.9 Å². The van der Waals surface area contributed by atoms with Gasteiger partial charge in [-0.15, -0.1) is 0 Å². The second kappa shape index (κ2) is 5.91. The van der Waals surface area contributed by atoms with Gasteiger partial charge in [0.1, 0.15) is 11.5 Å². The molecule has 142 valence electrons. The van der Waals surface area contributed by atoms with Crippen LogP contribution in [0.5, 0.6) is 11.5 Å². The molecule has 0 bridgehead atoms. The molecule has 2 aliphatic rings. The molecule has 5 heteroatoms. The number of phenols is 1. The van der Waals surface area contributed by atoms with E-state index < -0.39 is 5.72 Å². The summed E-state index contributed by atoms with van der Waals surface area (Å²) >= 11 is 0. The summed E-state index contributed by atoms with van der Waals surface area (Å²) in [5.74, 6) is 0.945. The van der Waals surface area contributed by atoms with Crippen LogP contribution >= 0.6 is 0 Å². The highest BCUT2D eigenvalue weighted by Crippen LogP contribution is 2.49. The van der Waals surface area contributed by atoms with Gasteiger partial charge in [0.25, 0.3) is 0 Å². The molecule has 2 atom stereocenters. The third-order valence-electron chi connectivity index (χ3n) is 5.61. The lowest BCUT2D eigenvalue weighted by molar-refractivity contribution is -0.0241. The lowest BCUT2D eigenvalue weighted by atomic mass is 9.76. The van der Waals surface area contributed by atoms with E-state index in [0.717, 1.165) is 5.56 Å². The van der Waals surface area contributed by atoms with Crippen molar-refractivity contribution in [1.82, 2.24) is 10.6 Å². The van der Waals surface area contributed by atoms with Crippen molar-refractivity contribution in [1.29, 1.82) is 0 Å². The average molecular weight is 366 g/mol. The summed E-state index contributed by atoms with van der Waals surface area (Å²) in [6.07, 6.45) is 1.27. The maximum absolute atomic E-state index is 12.4. The Labute approximate surface area is 159 Å². The molecule has 5 nitrogen and oxygen atoms in total. The van der Waals surface area contributed by atoms with E-state index in [1.165, 1.54) is 11.1 Å². The maximum atomic E-state index is 12.4. The fraction of sp³-hybridized carbons (Fsp3) is 0.409. The van der Waals surface area contributed by atoms with E-state index in [4.69, 9.17) is 4.74 Å². The Morgan fingerprint density at radius 3 is 2.44 bits per heavy atom. The molecule has 1 fully saturated rings. The van der Waals surface area contributed by atoms with E-state index >= 15 is 0 Å². The predicted octanol–water partition coefficient (Wildman–Crippen LogP) is 4.10. The van der Waals surface area contributed by atoms with Crippen molar-refractivity contribution in [3.63, 3.8) is 0 Å². The Balaban J connectivity index is 1.86. The van der Waals surface area contributed by atoms with Crippen LogP contribution in [-0.4, -0.2) is 22.4 Å². The Kier molecular flexibility index (Phi) is 3.88. The first-order valence-corrected chi connectivity index (χ1v) is 9.36. The number of fused-ring (bicyclic) bond motifs is 1. The first kappa shape index (κ1) is 17.7. The number of carbonyl (C=O) groups is 1. The standard InChI is InChI=1S/C22H26N2O3/c1-13-5-7-15(8-6-13)17-11-22(12-21(3,4)23-20(26)24-22)27-19-14(2)18(25)10-9-16(17)19/h5-10,17,25H,11-12H2,1-4H3,(H2,23,24,26)/t17-,22+/m0/s1. The van der Waals surface area contributed by atoms with Crippen molar-refractivity contribution in [2.75, 3.05) is 0 Å². The summed E-state index contributed by atoms with van der Waals surface area (Å²) < 4.78 is 6.42. The first-order chi connectivity index (χ1) is 12.7. The Bertz CT molecular complexity index is 905. The van der Waals surface area contributed by atoms with Crippen LogP contribution < -0.4 is 15.4 Å². The van der Waals surface area contributed by atoms with Crippen LogP contribution in [0, 0.1) is 13.8 Å². The summed E-state index contributed by atoms with van der Waals surface area (Å²) in [4.78, 5) is 12.4. The number of carbonyl (C=O) groups excluding carboxylic acids is 1. The quantitative estimate of drug-likeness (QED) is 0.711. The molecule has 3 N–H and O–H groups in total. The van der Waals surface area contributed by atoms with Crippen molar-refractivity contribution in [2.24, 2.45) is 0 Å². The molecule has 0 radical (unpaired) electrons. The van der Waals surface area contributed by atoms with Crippen LogP contribution in [-0.2, 0) is 0 Å². The van der Waals surface area contributed by atoms with E-state index in [1.54, 1.807) is 6.07 Å². The van der Waals surface area contributed by atoms with Crippen molar-refractivity contribution in [2.45, 2.75) is 57.7 Å². The van der Waals surface area contributed by atoms with Gasteiger partial charge < -0.3 is 20.5 Å². The minimum Gasteiger partial charge on any atom is -0.508 e. The topological polar surface area (TPSA) is 70.6 Å². The summed E-state index contributed by atoms with van der Waals surface area (Å²) in [5, 5.41) is 16.2. The highest BCUT2D eigenvalue weighted by Gasteiger charge is 2.50. The molecule has 4 rings (SSSR count). The summed E-state index contributed by atoms with van der Waals surface area (Å²) in [7, 11) is 0. The maximum Gasteiger partial charge on any atom is 0.318 e. The molecular weight excluding hydrogens is 340 g/mol. The number of hydrogen-bond donors (Lipinski definition) is 3. The van der Waals surface area contributed by atoms with Crippen LogP contribution in [0.2, 0.25) is 0 Å². The smallest absolute Gasteiger partial charge is 0.318 e. The summed E-state index contributed by atoms with van der Waals surface area (Å²) in [6.45, 7) is 7.93. The number of aryl methyl sites for hydroxylation is 1. The number of urea groups is 1. The number of hydrogen-bond acceptors (Lipinski definition) is 3. The zero-order valence-corrected chi connectivity index (χ0v) is 16.2. The zero-order chi connectivity index (χ0) is 19.4. The van der Waals surface area contributed by atoms with Crippen molar-refractivity contribution >= 4 is 6.03 Å². The van der Waals surface area contributed by atoms with E-state index in [0.29, 0.717) is 24.2 Å². The highest BCUT2D eigenvalue weighted by molar-refractivity contribution is 5.77. The summed E-state index contributed by atoms with van der Waals surface area (Å²) in [6, 6.07) is 11.9. The van der Waals surface area contributed by atoms with Gasteiger partial charge in [-0.1, -0.05) is 35.9 Å². The van der Waals surface area contributed by atoms with E-state index in [9.17, 15) is 9.90 Å². The van der Waals surface area contributed by atoms with Gasteiger partial charge in [0, 0.05) is 35.4 Å². The van der Waals surface area contributed by atoms with Gasteiger partial charge in [-0.2, -0.15) is 0 Å². The average Bonchev–Trinajstić information content (AvgIpc) is 2.57. The van der Waals surface area contributed by atoms with Crippen molar-refractivity contribution in [3.05, 3.63) is 58.7 Å². The van der Waals surface area contributed by atoms with Crippen molar-refractivity contribution < 1.29 is 14.6 Å². The number of amides is 2. The molecular formula is C22H26N2O3. The second-order valence-corrected chi connectivity index (χ2v) is 8.53. The highest BCUT2D eigenvalue weighted by atomic mass is 16.5. The molecule has 2 heterocycles. The van der Waals surface area contributed by atoms with Gasteiger partial charge in [-0.05, 0) is 39.3 Å². The molecule has 2 aromatic rings. The largest absolute Gasteiger partial charge is 0.508 e. The molecule has 2 amide bonds. The number of aromatic hydroxyl groups is 1. The van der Waals surface area contributed by atoms with Crippen LogP contribution in [0.25, 0.3) is 0 Å². The summed E-state index contributed by atoms with van der Waals surface area (Å²) in [5.41, 5.74) is 2.94.